The molecule has 0 saturated carbocycles. The Kier molecular flexibility index (Phi) is 15.3. The standard InChI is InChI=1S/C35H50N2O6/c38-23-9-17-35(18-10-24-39,19-11-25-40)20-16-33(41)36-21-7-1-2-8-22-37-34(42)43-27-32-30-14-5-3-12-28(30)26-29-13-4-6-15-31(29)32/h3-6,12-15,26,38-40H,1-2,7-11,16-25,27H2,(H,36,41)(H,37,42). The van der Waals surface area contributed by atoms with Crippen LogP contribution in [0, 0.1) is 5.41 Å². The average molecular weight is 595 g/mol. The number of carbonyl (C=O) groups excluding carboxylic acids is 2. The van der Waals surface area contributed by atoms with Gasteiger partial charge in [0.2, 0.25) is 5.91 Å². The topological polar surface area (TPSA) is 128 Å². The number of aliphatic hydroxyl groups is 3. The van der Waals surface area contributed by atoms with Crippen molar-refractivity contribution in [3.63, 3.8) is 0 Å². The molecule has 43 heavy (non-hydrogen) atoms. The zero-order valence-electron chi connectivity index (χ0n) is 25.5. The maximum atomic E-state index is 12.5. The van der Waals surface area contributed by atoms with Gasteiger partial charge in [-0.3, -0.25) is 4.79 Å². The molecule has 0 unspecified atom stereocenters. The van der Waals surface area contributed by atoms with E-state index in [1.165, 1.54) is 0 Å². The smallest absolute Gasteiger partial charge is 0.407 e. The quantitative estimate of drug-likeness (QED) is 0.0763. The molecule has 3 rings (SSSR count). The number of carbonyl (C=O) groups is 2. The second kappa shape index (κ2) is 19.2. The molecule has 0 aliphatic carbocycles. The van der Waals surface area contributed by atoms with Gasteiger partial charge >= 0.3 is 6.09 Å². The Morgan fingerprint density at radius 3 is 1.70 bits per heavy atom. The summed E-state index contributed by atoms with van der Waals surface area (Å²) in [6.07, 6.45) is 8.62. The van der Waals surface area contributed by atoms with Crippen LogP contribution < -0.4 is 10.6 Å². The first-order valence-corrected chi connectivity index (χ1v) is 15.9. The minimum atomic E-state index is -0.419. The minimum absolute atomic E-state index is 0.0183. The van der Waals surface area contributed by atoms with Crippen molar-refractivity contribution in [2.24, 2.45) is 5.41 Å². The molecule has 0 aliphatic heterocycles. The van der Waals surface area contributed by atoms with Crippen LogP contribution >= 0.6 is 0 Å². The van der Waals surface area contributed by atoms with Gasteiger partial charge in [-0.2, -0.15) is 0 Å². The largest absolute Gasteiger partial charge is 0.445 e. The molecule has 8 nitrogen and oxygen atoms in total. The Hall–Kier alpha value is -3.20. The molecule has 0 aliphatic rings. The van der Waals surface area contributed by atoms with Crippen LogP contribution in [0.25, 0.3) is 21.5 Å². The number of benzene rings is 3. The summed E-state index contributed by atoms with van der Waals surface area (Å²) in [6.45, 7) is 1.67. The third-order valence-corrected chi connectivity index (χ3v) is 8.40. The lowest BCUT2D eigenvalue weighted by molar-refractivity contribution is -0.121. The highest BCUT2D eigenvalue weighted by atomic mass is 16.5. The molecule has 3 aromatic rings. The fraction of sp³-hybridized carbons (Fsp3) is 0.543. The molecule has 3 aromatic carbocycles. The number of unbranched alkanes of at least 4 members (excludes halogenated alkanes) is 3. The summed E-state index contributed by atoms with van der Waals surface area (Å²) in [7, 11) is 0. The van der Waals surface area contributed by atoms with E-state index in [2.05, 4.69) is 41.0 Å². The Morgan fingerprint density at radius 2 is 1.16 bits per heavy atom. The molecule has 0 saturated heterocycles. The van der Waals surface area contributed by atoms with Gasteiger partial charge in [-0.05, 0) is 90.8 Å². The molecular weight excluding hydrogens is 544 g/mol. The van der Waals surface area contributed by atoms with Gasteiger partial charge in [-0.1, -0.05) is 61.4 Å². The highest BCUT2D eigenvalue weighted by Gasteiger charge is 2.29. The minimum Gasteiger partial charge on any atom is -0.445 e. The number of rotatable bonds is 21. The lowest BCUT2D eigenvalue weighted by Gasteiger charge is -2.34. The van der Waals surface area contributed by atoms with Crippen LogP contribution in [0.15, 0.2) is 54.6 Å². The van der Waals surface area contributed by atoms with Gasteiger partial charge < -0.3 is 30.7 Å². The summed E-state index contributed by atoms with van der Waals surface area (Å²) in [5.41, 5.74) is 0.875. The maximum absolute atomic E-state index is 12.5. The zero-order chi connectivity index (χ0) is 30.8. The first-order chi connectivity index (χ1) is 21.0. The number of ether oxygens (including phenoxy) is 1. The van der Waals surface area contributed by atoms with Gasteiger partial charge in [0, 0.05) is 44.9 Å². The zero-order valence-corrected chi connectivity index (χ0v) is 25.5. The molecule has 0 atom stereocenters. The van der Waals surface area contributed by atoms with Crippen LogP contribution in [0.1, 0.15) is 82.6 Å². The molecule has 2 amide bonds. The molecule has 0 aromatic heterocycles. The number of fused-ring (bicyclic) bond motifs is 2. The van der Waals surface area contributed by atoms with E-state index < -0.39 is 6.09 Å². The first-order valence-electron chi connectivity index (χ1n) is 15.9. The van der Waals surface area contributed by atoms with E-state index in [1.807, 2.05) is 24.3 Å². The van der Waals surface area contributed by atoms with Crippen molar-refractivity contribution < 1.29 is 29.6 Å². The Balaban J connectivity index is 1.31. The van der Waals surface area contributed by atoms with Crippen LogP contribution in [0.4, 0.5) is 4.79 Å². The Bertz CT molecular complexity index is 1190. The fourth-order valence-corrected chi connectivity index (χ4v) is 6.05. The van der Waals surface area contributed by atoms with Gasteiger partial charge in [-0.25, -0.2) is 4.79 Å². The van der Waals surface area contributed by atoms with Crippen molar-refractivity contribution in [2.75, 3.05) is 32.9 Å². The molecular formula is C35H50N2O6. The Morgan fingerprint density at radius 1 is 0.651 bits per heavy atom. The van der Waals surface area contributed by atoms with Crippen LogP contribution in [-0.2, 0) is 16.1 Å². The lowest BCUT2D eigenvalue weighted by atomic mass is 9.72. The van der Waals surface area contributed by atoms with E-state index in [-0.39, 0.29) is 37.7 Å². The van der Waals surface area contributed by atoms with Crippen molar-refractivity contribution in [1.29, 1.82) is 0 Å². The van der Waals surface area contributed by atoms with Crippen LogP contribution in [0.5, 0.6) is 0 Å². The predicted octanol–water partition coefficient (Wildman–Crippen LogP) is 5.98. The number of aliphatic hydroxyl groups excluding tert-OH is 3. The highest BCUT2D eigenvalue weighted by molar-refractivity contribution is 6.02. The summed E-state index contributed by atoms with van der Waals surface area (Å²) < 4.78 is 5.59. The van der Waals surface area contributed by atoms with E-state index in [0.29, 0.717) is 45.2 Å². The van der Waals surface area contributed by atoms with Crippen molar-refractivity contribution in [2.45, 2.75) is 83.7 Å². The van der Waals surface area contributed by atoms with E-state index in [4.69, 9.17) is 4.74 Å². The van der Waals surface area contributed by atoms with Crippen LogP contribution in [0.2, 0.25) is 0 Å². The molecule has 236 valence electrons. The van der Waals surface area contributed by atoms with Crippen molar-refractivity contribution >= 4 is 33.5 Å². The summed E-state index contributed by atoms with van der Waals surface area (Å²) >= 11 is 0. The summed E-state index contributed by atoms with van der Waals surface area (Å²) in [6, 6.07) is 18.5. The van der Waals surface area contributed by atoms with Gasteiger partial charge in [0.05, 0.1) is 0 Å². The van der Waals surface area contributed by atoms with Gasteiger partial charge in [0.1, 0.15) is 6.61 Å². The molecule has 0 radical (unpaired) electrons. The van der Waals surface area contributed by atoms with Crippen LogP contribution in [0.3, 0.4) is 0 Å². The first kappa shape index (κ1) is 34.3. The molecule has 8 heteroatoms. The number of hydrogen-bond donors (Lipinski definition) is 5. The highest BCUT2D eigenvalue weighted by Crippen LogP contribution is 2.39. The summed E-state index contributed by atoms with van der Waals surface area (Å²) in [4.78, 5) is 24.9. The monoisotopic (exact) mass is 594 g/mol. The van der Waals surface area contributed by atoms with E-state index >= 15 is 0 Å². The molecule has 0 heterocycles. The van der Waals surface area contributed by atoms with Crippen molar-refractivity contribution in [3.8, 4) is 0 Å². The number of nitrogens with one attached hydrogen (secondary N) is 2. The summed E-state index contributed by atoms with van der Waals surface area (Å²) in [5, 5.41) is 38.3. The number of amides is 2. The van der Waals surface area contributed by atoms with Crippen LogP contribution in [-0.4, -0.2) is 60.2 Å². The van der Waals surface area contributed by atoms with E-state index in [1.54, 1.807) is 0 Å². The second-order valence-electron chi connectivity index (χ2n) is 11.5. The van der Waals surface area contributed by atoms with Gasteiger partial charge in [0.25, 0.3) is 0 Å². The maximum Gasteiger partial charge on any atom is 0.407 e. The third-order valence-electron chi connectivity index (χ3n) is 8.40. The Labute approximate surface area is 255 Å². The molecule has 5 N–H and O–H groups in total. The average Bonchev–Trinajstić information content (AvgIpc) is 3.03. The SMILES string of the molecule is O=C(CCC(CCCO)(CCCO)CCCO)NCCCCCCNC(=O)OCc1c2ccccc2cc2ccccc12. The fourth-order valence-electron chi connectivity index (χ4n) is 6.05. The third kappa shape index (κ3) is 11.4. The second-order valence-corrected chi connectivity index (χ2v) is 11.5. The predicted molar refractivity (Wildman–Crippen MR) is 172 cm³/mol. The molecule has 0 fully saturated rings. The van der Waals surface area contributed by atoms with Crippen molar-refractivity contribution in [3.05, 3.63) is 60.2 Å². The van der Waals surface area contributed by atoms with E-state index in [9.17, 15) is 24.9 Å². The van der Waals surface area contributed by atoms with Gasteiger partial charge in [-0.15, -0.1) is 0 Å². The molecule has 0 bridgehead atoms. The van der Waals surface area contributed by atoms with Crippen molar-refractivity contribution in [1.82, 2.24) is 10.6 Å². The lowest BCUT2D eigenvalue weighted by Crippen LogP contribution is -2.29. The van der Waals surface area contributed by atoms with Gasteiger partial charge in [0.15, 0.2) is 0 Å². The number of alkyl carbamates (subject to hydrolysis) is 1. The number of hydrogen-bond acceptors (Lipinski definition) is 6. The van der Waals surface area contributed by atoms with E-state index in [0.717, 1.165) is 72.1 Å². The normalized spacial score (nSPS) is 11.6. The summed E-state index contributed by atoms with van der Waals surface area (Å²) in [5.74, 6) is 0.0183. The molecule has 0 spiro atoms.